The van der Waals surface area contributed by atoms with Crippen molar-refractivity contribution in [2.24, 2.45) is 11.7 Å². The van der Waals surface area contributed by atoms with Gasteiger partial charge in [0.05, 0.1) is 24.7 Å². The lowest BCUT2D eigenvalue weighted by Crippen LogP contribution is -2.49. The van der Waals surface area contributed by atoms with E-state index in [0.717, 1.165) is 19.4 Å². The maximum absolute atomic E-state index is 11.7. The predicted molar refractivity (Wildman–Crippen MR) is 72.4 cm³/mol. The molecule has 2 amide bonds. The number of nitrogens with two attached hydrogens (primary N) is 1. The van der Waals surface area contributed by atoms with Gasteiger partial charge < -0.3 is 21.1 Å². The van der Waals surface area contributed by atoms with Crippen LogP contribution in [0.25, 0.3) is 0 Å². The van der Waals surface area contributed by atoms with E-state index in [1.165, 1.54) is 0 Å². The van der Waals surface area contributed by atoms with Gasteiger partial charge in [-0.1, -0.05) is 13.8 Å². The first-order valence-corrected chi connectivity index (χ1v) is 6.86. The molecule has 0 radical (unpaired) electrons. The lowest BCUT2D eigenvalue weighted by Gasteiger charge is -2.20. The second kappa shape index (κ2) is 7.45. The molecular formula is C13H25N3O3. The molecule has 0 aromatic carbocycles. The second-order valence-electron chi connectivity index (χ2n) is 5.40. The number of hydrogen-bond acceptors (Lipinski definition) is 4. The number of carbonyl (C=O) groups excluding carboxylic acids is 2. The molecule has 3 atom stereocenters. The van der Waals surface area contributed by atoms with Gasteiger partial charge in [0.15, 0.2) is 0 Å². The maximum atomic E-state index is 11.7. The first kappa shape index (κ1) is 15.9. The van der Waals surface area contributed by atoms with Crippen molar-refractivity contribution in [2.75, 3.05) is 13.2 Å². The number of amides is 2. The normalized spacial score (nSPS) is 22.1. The number of rotatable bonds is 6. The van der Waals surface area contributed by atoms with Gasteiger partial charge in [-0.2, -0.15) is 0 Å². The zero-order valence-electron chi connectivity index (χ0n) is 11.9. The first-order chi connectivity index (χ1) is 8.91. The molecular weight excluding hydrogens is 246 g/mol. The van der Waals surface area contributed by atoms with Crippen LogP contribution in [-0.4, -0.2) is 43.2 Å². The Morgan fingerprint density at radius 2 is 2.05 bits per heavy atom. The first-order valence-electron chi connectivity index (χ1n) is 6.86. The van der Waals surface area contributed by atoms with Gasteiger partial charge in [0, 0.05) is 6.61 Å². The minimum atomic E-state index is -0.580. The Balaban J connectivity index is 2.25. The molecule has 0 aromatic heterocycles. The van der Waals surface area contributed by atoms with Gasteiger partial charge >= 0.3 is 0 Å². The summed E-state index contributed by atoms with van der Waals surface area (Å²) in [6.07, 6.45) is 2.08. The van der Waals surface area contributed by atoms with E-state index in [2.05, 4.69) is 10.6 Å². The summed E-state index contributed by atoms with van der Waals surface area (Å²) in [5.41, 5.74) is 5.68. The summed E-state index contributed by atoms with van der Waals surface area (Å²) < 4.78 is 5.49. The molecule has 1 aliphatic heterocycles. The van der Waals surface area contributed by atoms with E-state index in [-0.39, 0.29) is 36.4 Å². The van der Waals surface area contributed by atoms with Crippen LogP contribution in [0.3, 0.4) is 0 Å². The van der Waals surface area contributed by atoms with Crippen molar-refractivity contribution in [3.63, 3.8) is 0 Å². The Kier molecular flexibility index (Phi) is 6.24. The molecule has 1 fully saturated rings. The van der Waals surface area contributed by atoms with E-state index in [4.69, 9.17) is 10.5 Å². The third-order valence-corrected chi connectivity index (χ3v) is 3.36. The molecule has 4 N–H and O–H groups in total. The Morgan fingerprint density at radius 3 is 2.58 bits per heavy atom. The van der Waals surface area contributed by atoms with E-state index < -0.39 is 6.04 Å². The average Bonchev–Trinajstić information content (AvgIpc) is 2.88. The van der Waals surface area contributed by atoms with Crippen molar-refractivity contribution in [1.82, 2.24) is 10.6 Å². The zero-order valence-corrected chi connectivity index (χ0v) is 11.9. The van der Waals surface area contributed by atoms with Crippen molar-refractivity contribution in [1.29, 1.82) is 0 Å². The highest BCUT2D eigenvalue weighted by Crippen LogP contribution is 2.15. The maximum Gasteiger partial charge on any atom is 0.239 e. The SMILES string of the molecule is CC(NC(=O)CNC(=O)[C@@H](N)C(C)C)C1CCCO1. The van der Waals surface area contributed by atoms with Gasteiger partial charge in [0.1, 0.15) is 0 Å². The molecule has 0 spiro atoms. The highest BCUT2D eigenvalue weighted by molar-refractivity contribution is 5.87. The third kappa shape index (κ3) is 5.16. The second-order valence-corrected chi connectivity index (χ2v) is 5.40. The van der Waals surface area contributed by atoms with Crippen LogP contribution in [0.2, 0.25) is 0 Å². The Morgan fingerprint density at radius 1 is 1.37 bits per heavy atom. The Labute approximate surface area is 114 Å². The van der Waals surface area contributed by atoms with Crippen LogP contribution < -0.4 is 16.4 Å². The van der Waals surface area contributed by atoms with Gasteiger partial charge in [0.25, 0.3) is 0 Å². The molecule has 0 bridgehead atoms. The average molecular weight is 271 g/mol. The molecule has 2 unspecified atom stereocenters. The molecule has 19 heavy (non-hydrogen) atoms. The van der Waals surface area contributed by atoms with E-state index in [1.54, 1.807) is 0 Å². The number of hydrogen-bond donors (Lipinski definition) is 3. The quantitative estimate of drug-likeness (QED) is 0.622. The van der Waals surface area contributed by atoms with Crippen LogP contribution in [0.4, 0.5) is 0 Å². The predicted octanol–water partition coefficient (Wildman–Crippen LogP) is -0.230. The minimum absolute atomic E-state index is 0.0364. The van der Waals surface area contributed by atoms with Crippen molar-refractivity contribution in [3.8, 4) is 0 Å². The largest absolute Gasteiger partial charge is 0.376 e. The van der Waals surface area contributed by atoms with Crippen LogP contribution >= 0.6 is 0 Å². The van der Waals surface area contributed by atoms with Crippen LogP contribution in [0, 0.1) is 5.92 Å². The van der Waals surface area contributed by atoms with Crippen molar-refractivity contribution >= 4 is 11.8 Å². The van der Waals surface area contributed by atoms with E-state index in [9.17, 15) is 9.59 Å². The smallest absolute Gasteiger partial charge is 0.239 e. The summed E-state index contributed by atoms with van der Waals surface area (Å²) in [7, 11) is 0. The summed E-state index contributed by atoms with van der Waals surface area (Å²) in [5, 5.41) is 5.37. The fraction of sp³-hybridized carbons (Fsp3) is 0.846. The van der Waals surface area contributed by atoms with Crippen LogP contribution in [-0.2, 0) is 14.3 Å². The van der Waals surface area contributed by atoms with Gasteiger partial charge in [-0.3, -0.25) is 9.59 Å². The van der Waals surface area contributed by atoms with E-state index in [0.29, 0.717) is 0 Å². The van der Waals surface area contributed by atoms with E-state index in [1.807, 2.05) is 20.8 Å². The molecule has 1 saturated heterocycles. The number of carbonyl (C=O) groups is 2. The summed E-state index contributed by atoms with van der Waals surface area (Å²) in [4.78, 5) is 23.3. The molecule has 110 valence electrons. The monoisotopic (exact) mass is 271 g/mol. The van der Waals surface area contributed by atoms with E-state index >= 15 is 0 Å². The lowest BCUT2D eigenvalue weighted by molar-refractivity contribution is -0.128. The highest BCUT2D eigenvalue weighted by atomic mass is 16.5. The number of nitrogens with one attached hydrogen (secondary N) is 2. The van der Waals surface area contributed by atoms with Crippen LogP contribution in [0.5, 0.6) is 0 Å². The zero-order chi connectivity index (χ0) is 14.4. The van der Waals surface area contributed by atoms with Gasteiger partial charge in [-0.25, -0.2) is 0 Å². The van der Waals surface area contributed by atoms with Gasteiger partial charge in [-0.15, -0.1) is 0 Å². The lowest BCUT2D eigenvalue weighted by atomic mass is 10.1. The van der Waals surface area contributed by atoms with Gasteiger partial charge in [-0.05, 0) is 25.7 Å². The van der Waals surface area contributed by atoms with Crippen molar-refractivity contribution < 1.29 is 14.3 Å². The van der Waals surface area contributed by atoms with Crippen molar-refractivity contribution in [2.45, 2.75) is 51.8 Å². The molecule has 1 aliphatic rings. The Bertz CT molecular complexity index is 314. The van der Waals surface area contributed by atoms with Crippen molar-refractivity contribution in [3.05, 3.63) is 0 Å². The summed E-state index contributed by atoms with van der Waals surface area (Å²) in [5.74, 6) is -0.462. The fourth-order valence-corrected chi connectivity index (χ4v) is 1.98. The molecule has 1 rings (SSSR count). The number of ether oxygens (including phenoxy) is 1. The summed E-state index contributed by atoms with van der Waals surface area (Å²) in [6, 6.07) is -0.617. The van der Waals surface area contributed by atoms with Crippen LogP contribution in [0.15, 0.2) is 0 Å². The fourth-order valence-electron chi connectivity index (χ4n) is 1.98. The summed E-state index contributed by atoms with van der Waals surface area (Å²) in [6.45, 7) is 6.35. The molecule has 6 heteroatoms. The van der Waals surface area contributed by atoms with Crippen LogP contribution in [0.1, 0.15) is 33.6 Å². The Hall–Kier alpha value is -1.14. The minimum Gasteiger partial charge on any atom is -0.376 e. The highest BCUT2D eigenvalue weighted by Gasteiger charge is 2.24. The third-order valence-electron chi connectivity index (χ3n) is 3.36. The molecule has 6 nitrogen and oxygen atoms in total. The van der Waals surface area contributed by atoms with Gasteiger partial charge in [0.2, 0.25) is 11.8 Å². The standard InChI is InChI=1S/C13H25N3O3/c1-8(2)12(14)13(18)15-7-11(17)16-9(3)10-5-4-6-19-10/h8-10,12H,4-7,14H2,1-3H3,(H,15,18)(H,16,17)/t9?,10?,12-/m0/s1. The summed E-state index contributed by atoms with van der Waals surface area (Å²) >= 11 is 0. The molecule has 0 saturated carbocycles. The topological polar surface area (TPSA) is 93.5 Å². The molecule has 0 aromatic rings. The molecule has 0 aliphatic carbocycles. The molecule has 1 heterocycles.